The summed E-state index contributed by atoms with van der Waals surface area (Å²) < 4.78 is 5.54. The third-order valence-corrected chi connectivity index (χ3v) is 4.96. The van der Waals surface area contributed by atoms with Gasteiger partial charge in [-0.05, 0) is 24.8 Å². The summed E-state index contributed by atoms with van der Waals surface area (Å²) in [7, 11) is 0. The highest BCUT2D eigenvalue weighted by molar-refractivity contribution is 5.29. The van der Waals surface area contributed by atoms with Crippen molar-refractivity contribution in [2.75, 3.05) is 13.2 Å². The van der Waals surface area contributed by atoms with Gasteiger partial charge in [0.05, 0.1) is 6.61 Å². The molecule has 0 amide bonds. The Morgan fingerprint density at radius 3 is 2.50 bits per heavy atom. The zero-order valence-corrected chi connectivity index (χ0v) is 11.0. The van der Waals surface area contributed by atoms with E-state index in [1.165, 1.54) is 31.2 Å². The second-order valence-electron chi connectivity index (χ2n) is 5.88. The van der Waals surface area contributed by atoms with Crippen LogP contribution < -0.4 is 5.73 Å². The molecule has 2 aliphatic rings. The predicted molar refractivity (Wildman–Crippen MR) is 73.5 cm³/mol. The Balaban J connectivity index is 1.91. The van der Waals surface area contributed by atoms with Crippen molar-refractivity contribution in [2.24, 2.45) is 11.7 Å². The van der Waals surface area contributed by atoms with E-state index >= 15 is 0 Å². The molecule has 1 aromatic carbocycles. The van der Waals surface area contributed by atoms with E-state index in [1.807, 2.05) is 0 Å². The molecule has 1 heterocycles. The molecular formula is C16H23NO. The van der Waals surface area contributed by atoms with Crippen LogP contribution in [-0.2, 0) is 10.2 Å². The van der Waals surface area contributed by atoms with Gasteiger partial charge in [-0.25, -0.2) is 0 Å². The van der Waals surface area contributed by atoms with E-state index in [1.54, 1.807) is 0 Å². The van der Waals surface area contributed by atoms with E-state index in [9.17, 15) is 0 Å². The Kier molecular flexibility index (Phi) is 3.40. The second-order valence-corrected chi connectivity index (χ2v) is 5.88. The first-order valence-corrected chi connectivity index (χ1v) is 7.22. The van der Waals surface area contributed by atoms with Crippen LogP contribution in [0.1, 0.15) is 37.7 Å². The first kappa shape index (κ1) is 12.2. The first-order valence-electron chi connectivity index (χ1n) is 7.22. The molecule has 0 radical (unpaired) electrons. The van der Waals surface area contributed by atoms with E-state index in [0.29, 0.717) is 5.92 Å². The van der Waals surface area contributed by atoms with Crippen LogP contribution in [0.25, 0.3) is 0 Å². The van der Waals surface area contributed by atoms with Crippen molar-refractivity contribution in [3.05, 3.63) is 35.9 Å². The maximum atomic E-state index is 6.67. The minimum atomic E-state index is 0.208. The van der Waals surface area contributed by atoms with Gasteiger partial charge in [0.1, 0.15) is 0 Å². The molecule has 2 unspecified atom stereocenters. The van der Waals surface area contributed by atoms with Gasteiger partial charge >= 0.3 is 0 Å². The number of nitrogens with two attached hydrogens (primary N) is 1. The topological polar surface area (TPSA) is 35.2 Å². The summed E-state index contributed by atoms with van der Waals surface area (Å²) >= 11 is 0. The molecule has 3 rings (SSSR count). The van der Waals surface area contributed by atoms with Gasteiger partial charge in [0.2, 0.25) is 0 Å². The number of hydrogen-bond donors (Lipinski definition) is 1. The molecule has 2 fully saturated rings. The second kappa shape index (κ2) is 5.02. The monoisotopic (exact) mass is 245 g/mol. The number of ether oxygens (including phenoxy) is 1. The highest BCUT2D eigenvalue weighted by Crippen LogP contribution is 2.46. The Labute approximate surface area is 110 Å². The van der Waals surface area contributed by atoms with Crippen molar-refractivity contribution in [3.8, 4) is 0 Å². The lowest BCUT2D eigenvalue weighted by Gasteiger charge is -2.39. The fourth-order valence-electron chi connectivity index (χ4n) is 3.88. The van der Waals surface area contributed by atoms with E-state index in [2.05, 4.69) is 30.3 Å². The fraction of sp³-hybridized carbons (Fsp3) is 0.625. The maximum absolute atomic E-state index is 6.67. The number of hydrogen-bond acceptors (Lipinski definition) is 2. The molecule has 18 heavy (non-hydrogen) atoms. The van der Waals surface area contributed by atoms with E-state index < -0.39 is 0 Å². The van der Waals surface area contributed by atoms with Gasteiger partial charge in [-0.3, -0.25) is 0 Å². The zero-order chi connectivity index (χ0) is 12.4. The summed E-state index contributed by atoms with van der Waals surface area (Å²) in [4.78, 5) is 0. The molecule has 1 saturated heterocycles. The Morgan fingerprint density at radius 1 is 1.17 bits per heavy atom. The highest BCUT2D eigenvalue weighted by Gasteiger charge is 2.44. The summed E-state index contributed by atoms with van der Waals surface area (Å²) in [6, 6.07) is 11.2. The summed E-state index contributed by atoms with van der Waals surface area (Å²) in [6.45, 7) is 1.75. The molecule has 1 aliphatic heterocycles. The first-order chi connectivity index (χ1) is 8.83. The molecule has 2 atom stereocenters. The molecule has 1 aliphatic carbocycles. The number of benzene rings is 1. The summed E-state index contributed by atoms with van der Waals surface area (Å²) in [6.07, 6.45) is 6.26. The Hall–Kier alpha value is -0.860. The molecule has 0 bridgehead atoms. The van der Waals surface area contributed by atoms with Crippen molar-refractivity contribution in [1.82, 2.24) is 0 Å². The van der Waals surface area contributed by atoms with Crippen molar-refractivity contribution in [3.63, 3.8) is 0 Å². The van der Waals surface area contributed by atoms with Crippen LogP contribution in [0.2, 0.25) is 0 Å². The van der Waals surface area contributed by atoms with Crippen LogP contribution in [0.5, 0.6) is 0 Å². The zero-order valence-electron chi connectivity index (χ0n) is 11.0. The van der Waals surface area contributed by atoms with Gasteiger partial charge < -0.3 is 10.5 Å². The minimum Gasteiger partial charge on any atom is -0.381 e. The smallest absolute Gasteiger partial charge is 0.0510 e. The largest absolute Gasteiger partial charge is 0.381 e. The normalized spacial score (nSPS) is 28.4. The van der Waals surface area contributed by atoms with Gasteiger partial charge in [-0.1, -0.05) is 43.2 Å². The van der Waals surface area contributed by atoms with Gasteiger partial charge in [0.25, 0.3) is 0 Å². The van der Waals surface area contributed by atoms with E-state index in [-0.39, 0.29) is 11.5 Å². The van der Waals surface area contributed by atoms with Crippen LogP contribution in [-0.4, -0.2) is 19.3 Å². The Bertz CT molecular complexity index is 377. The van der Waals surface area contributed by atoms with Crippen LogP contribution in [0.3, 0.4) is 0 Å². The van der Waals surface area contributed by atoms with E-state index in [4.69, 9.17) is 10.5 Å². The van der Waals surface area contributed by atoms with Gasteiger partial charge in [-0.15, -0.1) is 0 Å². The molecule has 2 nitrogen and oxygen atoms in total. The van der Waals surface area contributed by atoms with Crippen LogP contribution in [0, 0.1) is 5.92 Å². The molecule has 2 heteroatoms. The average Bonchev–Trinajstić information content (AvgIpc) is 3.11. The number of rotatable bonds is 3. The highest BCUT2D eigenvalue weighted by atomic mass is 16.5. The van der Waals surface area contributed by atoms with Crippen molar-refractivity contribution < 1.29 is 4.74 Å². The lowest BCUT2D eigenvalue weighted by Crippen LogP contribution is -2.48. The summed E-state index contributed by atoms with van der Waals surface area (Å²) in [5, 5.41) is 0. The summed E-state index contributed by atoms with van der Waals surface area (Å²) in [5.74, 6) is 0.545. The van der Waals surface area contributed by atoms with Gasteiger partial charge in [0.15, 0.2) is 0 Å². The minimum absolute atomic E-state index is 0.208. The molecule has 0 aromatic heterocycles. The van der Waals surface area contributed by atoms with Crippen molar-refractivity contribution >= 4 is 0 Å². The molecule has 1 aromatic rings. The van der Waals surface area contributed by atoms with Gasteiger partial charge in [0, 0.05) is 24.0 Å². The van der Waals surface area contributed by atoms with E-state index in [0.717, 1.165) is 19.6 Å². The SMILES string of the molecule is NC(C1CCOC1)C1(c2ccccc2)CCCC1. The molecular weight excluding hydrogens is 222 g/mol. The molecule has 98 valence electrons. The molecule has 1 saturated carbocycles. The predicted octanol–water partition coefficient (Wildman–Crippen LogP) is 2.86. The molecule has 2 N–H and O–H groups in total. The quantitative estimate of drug-likeness (QED) is 0.888. The average molecular weight is 245 g/mol. The Morgan fingerprint density at radius 2 is 1.89 bits per heavy atom. The van der Waals surface area contributed by atoms with Crippen LogP contribution in [0.4, 0.5) is 0 Å². The summed E-state index contributed by atoms with van der Waals surface area (Å²) in [5.41, 5.74) is 8.33. The van der Waals surface area contributed by atoms with Crippen LogP contribution in [0.15, 0.2) is 30.3 Å². The third kappa shape index (κ3) is 1.98. The van der Waals surface area contributed by atoms with Crippen molar-refractivity contribution in [2.45, 2.75) is 43.6 Å². The fourth-order valence-corrected chi connectivity index (χ4v) is 3.88. The van der Waals surface area contributed by atoms with Gasteiger partial charge in [-0.2, -0.15) is 0 Å². The van der Waals surface area contributed by atoms with Crippen LogP contribution >= 0.6 is 0 Å². The lowest BCUT2D eigenvalue weighted by molar-refractivity contribution is 0.166. The standard InChI is InChI=1S/C16H23NO/c17-15(13-8-11-18-12-13)16(9-4-5-10-16)14-6-2-1-3-7-14/h1-3,6-7,13,15H,4-5,8-12,17H2. The maximum Gasteiger partial charge on any atom is 0.0510 e. The third-order valence-electron chi connectivity index (χ3n) is 4.96. The molecule has 0 spiro atoms. The van der Waals surface area contributed by atoms with Crippen molar-refractivity contribution in [1.29, 1.82) is 0 Å². The lowest BCUT2D eigenvalue weighted by atomic mass is 9.68.